The maximum absolute atomic E-state index is 11.7. The molecule has 1 aliphatic carbocycles. The van der Waals surface area contributed by atoms with Crippen molar-refractivity contribution in [3.05, 3.63) is 35.4 Å². The first-order valence-electron chi connectivity index (χ1n) is 6.46. The lowest BCUT2D eigenvalue weighted by Gasteiger charge is -2.22. The minimum absolute atomic E-state index is 0.0156. The van der Waals surface area contributed by atoms with E-state index in [-0.39, 0.29) is 5.78 Å². The van der Waals surface area contributed by atoms with E-state index in [2.05, 4.69) is 12.1 Å². The monoisotopic (exact) mass is 250 g/mol. The van der Waals surface area contributed by atoms with Crippen molar-refractivity contribution in [1.29, 1.82) is 0 Å². The Morgan fingerprint density at radius 1 is 1.18 bits per heavy atom. The van der Waals surface area contributed by atoms with E-state index >= 15 is 0 Å². The van der Waals surface area contributed by atoms with Gasteiger partial charge in [-0.2, -0.15) is 0 Å². The van der Waals surface area contributed by atoms with Gasteiger partial charge in [0, 0.05) is 5.56 Å². The van der Waals surface area contributed by atoms with E-state index < -0.39 is 5.38 Å². The summed E-state index contributed by atoms with van der Waals surface area (Å²) in [6.07, 6.45) is 6.63. The number of ketones is 1. The molecule has 2 heteroatoms. The Labute approximate surface area is 108 Å². The van der Waals surface area contributed by atoms with Crippen molar-refractivity contribution in [2.24, 2.45) is 0 Å². The molecule has 1 aromatic carbocycles. The third-order valence-corrected chi connectivity index (χ3v) is 3.83. The molecule has 0 saturated heterocycles. The SMILES string of the molecule is CC(Cl)C(=O)c1ccc(C2CCCCC2)cc1. The number of Topliss-reactive ketones (excluding diaryl/α,β-unsaturated/α-hetero) is 1. The van der Waals surface area contributed by atoms with Gasteiger partial charge in [-0.1, -0.05) is 43.5 Å². The average molecular weight is 251 g/mol. The molecule has 1 nitrogen and oxygen atoms in total. The van der Waals surface area contributed by atoms with Crippen LogP contribution >= 0.6 is 11.6 Å². The Hall–Kier alpha value is -0.820. The van der Waals surface area contributed by atoms with Crippen LogP contribution in [0.25, 0.3) is 0 Å². The Balaban J connectivity index is 2.09. The highest BCUT2D eigenvalue weighted by Gasteiger charge is 2.16. The van der Waals surface area contributed by atoms with Gasteiger partial charge in [0.15, 0.2) is 5.78 Å². The Bertz CT molecular complexity index is 374. The van der Waals surface area contributed by atoms with Crippen molar-refractivity contribution in [3.63, 3.8) is 0 Å². The largest absolute Gasteiger partial charge is 0.293 e. The van der Waals surface area contributed by atoms with Crippen molar-refractivity contribution >= 4 is 17.4 Å². The summed E-state index contributed by atoms with van der Waals surface area (Å²) < 4.78 is 0. The van der Waals surface area contributed by atoms with E-state index in [1.54, 1.807) is 6.92 Å². The van der Waals surface area contributed by atoms with Crippen molar-refractivity contribution < 1.29 is 4.79 Å². The molecule has 92 valence electrons. The molecule has 0 bridgehead atoms. The summed E-state index contributed by atoms with van der Waals surface area (Å²) in [6.45, 7) is 1.72. The fourth-order valence-electron chi connectivity index (χ4n) is 2.59. The molecule has 0 aromatic heterocycles. The fourth-order valence-corrected chi connectivity index (χ4v) is 2.71. The van der Waals surface area contributed by atoms with Gasteiger partial charge in [-0.3, -0.25) is 4.79 Å². The molecular weight excluding hydrogens is 232 g/mol. The first kappa shape index (κ1) is 12.6. The molecule has 17 heavy (non-hydrogen) atoms. The Kier molecular flexibility index (Phi) is 4.22. The standard InChI is InChI=1S/C15H19ClO/c1-11(16)15(17)14-9-7-13(8-10-14)12-5-3-2-4-6-12/h7-12H,2-6H2,1H3. The van der Waals surface area contributed by atoms with Crippen LogP contribution in [0, 0.1) is 0 Å². The van der Waals surface area contributed by atoms with Gasteiger partial charge in [0.2, 0.25) is 0 Å². The molecule has 1 saturated carbocycles. The van der Waals surface area contributed by atoms with Gasteiger partial charge in [0.05, 0.1) is 5.38 Å². The second-order valence-electron chi connectivity index (χ2n) is 4.94. The molecule has 0 aliphatic heterocycles. The quantitative estimate of drug-likeness (QED) is 0.568. The van der Waals surface area contributed by atoms with E-state index in [1.165, 1.54) is 37.7 Å². The molecule has 1 fully saturated rings. The lowest BCUT2D eigenvalue weighted by Crippen LogP contribution is -2.11. The first-order chi connectivity index (χ1) is 8.18. The average Bonchev–Trinajstić information content (AvgIpc) is 2.39. The normalized spacial score (nSPS) is 18.9. The van der Waals surface area contributed by atoms with Crippen LogP contribution in [0.4, 0.5) is 0 Å². The molecule has 0 N–H and O–H groups in total. The molecule has 0 amide bonds. The zero-order valence-corrected chi connectivity index (χ0v) is 11.0. The maximum Gasteiger partial charge on any atom is 0.180 e. The highest BCUT2D eigenvalue weighted by molar-refractivity contribution is 6.33. The van der Waals surface area contributed by atoms with Crippen molar-refractivity contribution in [2.75, 3.05) is 0 Å². The van der Waals surface area contributed by atoms with E-state index in [0.29, 0.717) is 5.92 Å². The van der Waals surface area contributed by atoms with Crippen LogP contribution in [0.3, 0.4) is 0 Å². The van der Waals surface area contributed by atoms with Crippen molar-refractivity contribution in [2.45, 2.75) is 50.3 Å². The van der Waals surface area contributed by atoms with Gasteiger partial charge in [0.25, 0.3) is 0 Å². The lowest BCUT2D eigenvalue weighted by atomic mass is 9.84. The number of benzene rings is 1. The summed E-state index contributed by atoms with van der Waals surface area (Å²) in [7, 11) is 0. The number of hydrogen-bond donors (Lipinski definition) is 0. The molecular formula is C15H19ClO. The number of halogens is 1. The highest BCUT2D eigenvalue weighted by atomic mass is 35.5. The van der Waals surface area contributed by atoms with Gasteiger partial charge in [0.1, 0.15) is 0 Å². The van der Waals surface area contributed by atoms with Crippen LogP contribution in [0.1, 0.15) is 60.9 Å². The van der Waals surface area contributed by atoms with Crippen LogP contribution < -0.4 is 0 Å². The van der Waals surface area contributed by atoms with Gasteiger partial charge >= 0.3 is 0 Å². The predicted molar refractivity (Wildman–Crippen MR) is 71.9 cm³/mol. The summed E-state index contributed by atoms with van der Waals surface area (Å²) >= 11 is 5.80. The molecule has 1 atom stereocenters. The molecule has 0 spiro atoms. The van der Waals surface area contributed by atoms with E-state index in [9.17, 15) is 4.79 Å². The van der Waals surface area contributed by atoms with Gasteiger partial charge in [-0.15, -0.1) is 11.6 Å². The number of carbonyl (C=O) groups excluding carboxylic acids is 1. The van der Waals surface area contributed by atoms with Crippen molar-refractivity contribution in [1.82, 2.24) is 0 Å². The second kappa shape index (κ2) is 5.68. The third kappa shape index (κ3) is 3.10. The zero-order valence-electron chi connectivity index (χ0n) is 10.3. The summed E-state index contributed by atoms with van der Waals surface area (Å²) in [5.41, 5.74) is 2.11. The van der Waals surface area contributed by atoms with Gasteiger partial charge < -0.3 is 0 Å². The lowest BCUT2D eigenvalue weighted by molar-refractivity contribution is 0.0991. The summed E-state index contributed by atoms with van der Waals surface area (Å²) in [6, 6.07) is 8.04. The number of carbonyl (C=O) groups is 1. The zero-order chi connectivity index (χ0) is 12.3. The molecule has 1 unspecified atom stereocenters. The van der Waals surface area contributed by atoms with E-state index in [1.807, 2.05) is 12.1 Å². The van der Waals surface area contributed by atoms with Crippen LogP contribution in [-0.4, -0.2) is 11.2 Å². The minimum Gasteiger partial charge on any atom is -0.293 e. The Morgan fingerprint density at radius 3 is 2.29 bits per heavy atom. The second-order valence-corrected chi connectivity index (χ2v) is 5.59. The summed E-state index contributed by atoms with van der Waals surface area (Å²) in [5.74, 6) is 0.711. The predicted octanol–water partition coefficient (Wildman–Crippen LogP) is 4.54. The maximum atomic E-state index is 11.7. The van der Waals surface area contributed by atoms with Crippen molar-refractivity contribution in [3.8, 4) is 0 Å². The topological polar surface area (TPSA) is 17.1 Å². The highest BCUT2D eigenvalue weighted by Crippen LogP contribution is 2.32. The summed E-state index contributed by atoms with van der Waals surface area (Å²) in [4.78, 5) is 11.7. The number of alkyl halides is 1. The number of hydrogen-bond acceptors (Lipinski definition) is 1. The van der Waals surface area contributed by atoms with Gasteiger partial charge in [-0.05, 0) is 31.2 Å². The number of rotatable bonds is 3. The summed E-state index contributed by atoms with van der Waals surface area (Å²) in [5, 5.41) is -0.435. The third-order valence-electron chi connectivity index (χ3n) is 3.63. The Morgan fingerprint density at radius 2 is 1.76 bits per heavy atom. The van der Waals surface area contributed by atoms with Crippen LogP contribution in [-0.2, 0) is 0 Å². The molecule has 1 aromatic rings. The molecule has 0 heterocycles. The smallest absolute Gasteiger partial charge is 0.180 e. The molecule has 0 radical (unpaired) electrons. The van der Waals surface area contributed by atoms with E-state index in [4.69, 9.17) is 11.6 Å². The molecule has 1 aliphatic rings. The van der Waals surface area contributed by atoms with E-state index in [0.717, 1.165) is 5.56 Å². The van der Waals surface area contributed by atoms with Crippen LogP contribution in [0.15, 0.2) is 24.3 Å². The fraction of sp³-hybridized carbons (Fsp3) is 0.533. The first-order valence-corrected chi connectivity index (χ1v) is 6.90. The minimum atomic E-state index is -0.435. The van der Waals surface area contributed by atoms with Gasteiger partial charge in [-0.25, -0.2) is 0 Å². The van der Waals surface area contributed by atoms with Crippen LogP contribution in [0.2, 0.25) is 0 Å². The van der Waals surface area contributed by atoms with Crippen LogP contribution in [0.5, 0.6) is 0 Å². The molecule has 2 rings (SSSR count).